The molecule has 0 saturated carbocycles. The zero-order chi connectivity index (χ0) is 56.6. The average Bonchev–Trinajstić information content (AvgIpc) is 3.37. The fraction of sp³-hybridized carbons (Fsp3) is 0.420. The number of amides is 9. The summed E-state index contributed by atoms with van der Waals surface area (Å²) >= 11 is 4.26. The Balaban J connectivity index is 1.83. The number of carboxylic acids is 2. The second-order valence-electron chi connectivity index (χ2n) is 18.0. The van der Waals surface area contributed by atoms with E-state index in [1.807, 2.05) is 0 Å². The molecule has 0 fully saturated rings. The molecule has 0 heterocycles. The van der Waals surface area contributed by atoms with E-state index in [0.717, 1.165) is 6.92 Å². The van der Waals surface area contributed by atoms with Gasteiger partial charge in [-0.2, -0.15) is 12.6 Å². The van der Waals surface area contributed by atoms with E-state index in [-0.39, 0.29) is 25.0 Å². The van der Waals surface area contributed by atoms with Gasteiger partial charge in [0.1, 0.15) is 48.3 Å². The van der Waals surface area contributed by atoms with Gasteiger partial charge in [0.25, 0.3) is 0 Å². The highest BCUT2D eigenvalue weighted by Crippen LogP contribution is 2.11. The summed E-state index contributed by atoms with van der Waals surface area (Å²) in [6.45, 7) is 3.15. The fourth-order valence-electron chi connectivity index (χ4n) is 7.31. The Labute approximate surface area is 442 Å². The van der Waals surface area contributed by atoms with Crippen molar-refractivity contribution in [1.29, 1.82) is 0 Å². The van der Waals surface area contributed by atoms with Gasteiger partial charge in [-0.25, -0.2) is 4.79 Å². The molecule has 10 atom stereocenters. The SMILES string of the molecule is CC(C)[C@H](NC(=O)[C@@H](N)CC(=O)O)C(=O)N[C@@H](Cc1ccccc1)C(=O)N[C@@H](CS)C(=O)N[C@@H](Cc1ccccc1)C(=O)N[C@H](C(=O)N[C@@H](CO)C(=O)N[C@@H](CC(N)=O)C(=O)N[C@@H](Cc1ccccc1)C(=O)O)[C@@H](C)O. The van der Waals surface area contributed by atoms with Crippen LogP contribution in [0.4, 0.5) is 0 Å². The van der Waals surface area contributed by atoms with Crippen molar-refractivity contribution >= 4 is 77.7 Å². The largest absolute Gasteiger partial charge is 0.481 e. The third-order valence-corrected chi connectivity index (χ3v) is 11.8. The van der Waals surface area contributed by atoms with E-state index in [1.54, 1.807) is 105 Å². The van der Waals surface area contributed by atoms with Crippen LogP contribution in [0.2, 0.25) is 0 Å². The quantitative estimate of drug-likeness (QED) is 0.0276. The lowest BCUT2D eigenvalue weighted by molar-refractivity contribution is -0.142. The minimum Gasteiger partial charge on any atom is -0.481 e. The van der Waals surface area contributed by atoms with E-state index < -0.39 is 151 Å². The first-order valence-electron chi connectivity index (χ1n) is 23.9. The molecule has 0 aliphatic carbocycles. The van der Waals surface area contributed by atoms with Gasteiger partial charge in [-0.1, -0.05) is 105 Å². The Morgan fingerprint density at radius 2 is 0.829 bits per heavy atom. The Kier molecular flexibility index (Phi) is 25.5. The second-order valence-corrected chi connectivity index (χ2v) is 18.3. The molecule has 0 unspecified atom stereocenters. The molecular formula is C50H66N10O15S. The molecule has 0 aromatic heterocycles. The first-order valence-corrected chi connectivity index (χ1v) is 24.5. The lowest BCUT2D eigenvalue weighted by Crippen LogP contribution is -2.63. The number of carbonyl (C=O) groups excluding carboxylic acids is 9. The molecule has 0 spiro atoms. The van der Waals surface area contributed by atoms with Crippen LogP contribution in [0.25, 0.3) is 0 Å². The summed E-state index contributed by atoms with van der Waals surface area (Å²) in [5.41, 5.74) is 12.6. The van der Waals surface area contributed by atoms with Crippen LogP contribution < -0.4 is 54.0 Å². The van der Waals surface area contributed by atoms with Crippen LogP contribution in [0.5, 0.6) is 0 Å². The number of primary amides is 1. The lowest BCUT2D eigenvalue weighted by atomic mass is 10.00. The number of benzene rings is 3. The lowest BCUT2D eigenvalue weighted by Gasteiger charge is -2.28. The molecule has 25 nitrogen and oxygen atoms in total. The van der Waals surface area contributed by atoms with Crippen LogP contribution in [0.15, 0.2) is 91.0 Å². The summed E-state index contributed by atoms with van der Waals surface area (Å²) in [4.78, 5) is 144. The van der Waals surface area contributed by atoms with Gasteiger partial charge in [-0.15, -0.1) is 0 Å². The van der Waals surface area contributed by atoms with Gasteiger partial charge in [0, 0.05) is 25.0 Å². The number of carbonyl (C=O) groups is 11. The number of aliphatic carboxylic acids is 2. The highest BCUT2D eigenvalue weighted by Gasteiger charge is 2.37. The summed E-state index contributed by atoms with van der Waals surface area (Å²) in [5.74, 6) is -13.2. The average molecular weight is 1080 g/mol. The Bertz CT molecular complexity index is 2490. The van der Waals surface area contributed by atoms with Crippen molar-refractivity contribution in [3.63, 3.8) is 0 Å². The molecule has 0 aliphatic rings. The molecule has 0 saturated heterocycles. The van der Waals surface area contributed by atoms with Crippen LogP contribution in [-0.2, 0) is 72.0 Å². The Hall–Kier alpha value is -7.94. The summed E-state index contributed by atoms with van der Waals surface area (Å²) in [6, 6.07) is 10.5. The van der Waals surface area contributed by atoms with Crippen LogP contribution in [0.3, 0.4) is 0 Å². The molecule has 412 valence electrons. The zero-order valence-corrected chi connectivity index (χ0v) is 42.7. The molecule has 3 aromatic carbocycles. The Morgan fingerprint density at radius 3 is 1.25 bits per heavy atom. The number of aliphatic hydroxyl groups excluding tert-OH is 2. The maximum Gasteiger partial charge on any atom is 0.326 e. The summed E-state index contributed by atoms with van der Waals surface area (Å²) in [5, 5.41) is 58.8. The van der Waals surface area contributed by atoms with E-state index in [4.69, 9.17) is 16.6 Å². The van der Waals surface area contributed by atoms with Crippen molar-refractivity contribution in [1.82, 2.24) is 42.5 Å². The molecule has 76 heavy (non-hydrogen) atoms. The minimum absolute atomic E-state index is 0.122. The van der Waals surface area contributed by atoms with Crippen molar-refractivity contribution in [2.75, 3.05) is 12.4 Å². The van der Waals surface area contributed by atoms with Crippen LogP contribution in [-0.4, -0.2) is 158 Å². The molecule has 26 heteroatoms. The van der Waals surface area contributed by atoms with Crippen molar-refractivity contribution in [2.45, 2.75) is 113 Å². The van der Waals surface area contributed by atoms with Gasteiger partial charge in [0.15, 0.2) is 0 Å². The minimum atomic E-state index is -1.90. The van der Waals surface area contributed by atoms with Gasteiger partial charge in [-0.3, -0.25) is 47.9 Å². The first kappa shape index (κ1) is 62.4. The number of nitrogens with one attached hydrogen (secondary N) is 8. The van der Waals surface area contributed by atoms with E-state index in [9.17, 15) is 68.1 Å². The monoisotopic (exact) mass is 1080 g/mol. The number of hydrogen-bond acceptors (Lipinski definition) is 15. The van der Waals surface area contributed by atoms with E-state index in [2.05, 4.69) is 55.2 Å². The predicted octanol–water partition coefficient (Wildman–Crippen LogP) is -3.69. The van der Waals surface area contributed by atoms with Crippen molar-refractivity contribution in [3.05, 3.63) is 108 Å². The number of aliphatic hydroxyl groups is 2. The summed E-state index contributed by atoms with van der Waals surface area (Å²) in [7, 11) is 0. The van der Waals surface area contributed by atoms with Crippen LogP contribution >= 0.6 is 12.6 Å². The van der Waals surface area contributed by atoms with Gasteiger partial charge in [0.05, 0.1) is 31.6 Å². The van der Waals surface area contributed by atoms with Crippen molar-refractivity contribution < 1.29 is 73.2 Å². The molecule has 0 radical (unpaired) electrons. The van der Waals surface area contributed by atoms with Crippen molar-refractivity contribution in [2.24, 2.45) is 17.4 Å². The molecule has 0 bridgehead atoms. The highest BCUT2D eigenvalue weighted by atomic mass is 32.1. The van der Waals surface area contributed by atoms with E-state index >= 15 is 0 Å². The standard InChI is InChI=1S/C50H66N10O15S/c1-26(2)40(59-42(66)31(51)22-39(64)65)48(72)55-32(19-28-13-7-4-8-14-28)43(67)58-37(25-76)47(71)53-33(20-29-15-9-5-10-16-29)45(69)60-41(27(3)62)49(73)57-36(24-61)46(70)54-34(23-38(52)63)44(68)56-35(50(74)75)21-30-17-11-6-12-18-30/h4-18,26-27,31-37,40-41,61-62,76H,19-25,51H2,1-3H3,(H2,52,63)(H,53,71)(H,54,70)(H,55,72)(H,56,68)(H,57,73)(H,58,67)(H,59,66)(H,60,69)(H,64,65)(H,74,75)/t27-,31+,32+,33+,34+,35+,36+,37+,40+,41+/m1/s1. The number of hydrogen-bond donors (Lipinski definition) is 15. The second kappa shape index (κ2) is 31.1. The molecule has 0 aliphatic heterocycles. The van der Waals surface area contributed by atoms with Crippen LogP contribution in [0, 0.1) is 5.92 Å². The normalized spacial score (nSPS) is 14.9. The molecular weight excluding hydrogens is 1010 g/mol. The number of carboxylic acid groups (broad SMARTS) is 2. The van der Waals surface area contributed by atoms with Gasteiger partial charge >= 0.3 is 11.9 Å². The number of rotatable bonds is 31. The maximum absolute atomic E-state index is 14.1. The zero-order valence-electron chi connectivity index (χ0n) is 41.8. The third-order valence-electron chi connectivity index (χ3n) is 11.4. The molecule has 16 N–H and O–H groups in total. The molecule has 3 aromatic rings. The maximum atomic E-state index is 14.1. The van der Waals surface area contributed by atoms with Gasteiger partial charge < -0.3 is 74.4 Å². The van der Waals surface area contributed by atoms with E-state index in [1.165, 1.54) is 0 Å². The Morgan fingerprint density at radius 1 is 0.474 bits per heavy atom. The number of thiol groups is 1. The number of nitrogens with two attached hydrogens (primary N) is 2. The highest BCUT2D eigenvalue weighted by molar-refractivity contribution is 7.80. The molecule has 9 amide bonds. The topological polar surface area (TPSA) is 417 Å². The smallest absolute Gasteiger partial charge is 0.326 e. The first-order chi connectivity index (χ1) is 35.9. The fourth-order valence-corrected chi connectivity index (χ4v) is 7.57. The van der Waals surface area contributed by atoms with Gasteiger partial charge in [0.2, 0.25) is 53.2 Å². The summed E-state index contributed by atoms with van der Waals surface area (Å²) in [6.07, 6.45) is -3.80. The van der Waals surface area contributed by atoms with E-state index in [0.29, 0.717) is 16.7 Å². The van der Waals surface area contributed by atoms with Crippen molar-refractivity contribution in [3.8, 4) is 0 Å². The summed E-state index contributed by atoms with van der Waals surface area (Å²) < 4.78 is 0. The predicted molar refractivity (Wildman–Crippen MR) is 275 cm³/mol. The van der Waals surface area contributed by atoms with Gasteiger partial charge in [-0.05, 0) is 29.5 Å². The third kappa shape index (κ3) is 20.8. The van der Waals surface area contributed by atoms with Crippen LogP contribution in [0.1, 0.15) is 50.3 Å². The molecule has 3 rings (SSSR count).